The Labute approximate surface area is 138 Å². The highest BCUT2D eigenvalue weighted by molar-refractivity contribution is 5.86. The van der Waals surface area contributed by atoms with Gasteiger partial charge in [0.25, 0.3) is 0 Å². The number of hydrogen-bond donors (Lipinski definition) is 0. The molecule has 1 aliphatic heterocycles. The van der Waals surface area contributed by atoms with Gasteiger partial charge in [0, 0.05) is 37.5 Å². The highest BCUT2D eigenvalue weighted by Gasteiger charge is 2.35. The summed E-state index contributed by atoms with van der Waals surface area (Å²) in [5.41, 5.74) is 0.105. The first kappa shape index (κ1) is 16.7. The second-order valence-corrected chi connectivity index (χ2v) is 6.56. The van der Waals surface area contributed by atoms with Crippen LogP contribution in [0.2, 0.25) is 0 Å². The third-order valence-corrected chi connectivity index (χ3v) is 4.65. The maximum absolute atomic E-state index is 13.2. The van der Waals surface area contributed by atoms with E-state index in [0.29, 0.717) is 24.4 Å². The Morgan fingerprint density at radius 3 is 2.67 bits per heavy atom. The zero-order chi connectivity index (χ0) is 17.5. The number of alkyl halides is 3. The number of piperidine rings is 1. The fourth-order valence-electron chi connectivity index (χ4n) is 3.61. The first-order valence-electron chi connectivity index (χ1n) is 7.97. The molecule has 0 saturated carbocycles. The van der Waals surface area contributed by atoms with Crippen LogP contribution in [0.1, 0.15) is 37.3 Å². The molecule has 6 heteroatoms. The second-order valence-electron chi connectivity index (χ2n) is 6.56. The highest BCUT2D eigenvalue weighted by Crippen LogP contribution is 2.39. The van der Waals surface area contributed by atoms with Crippen LogP contribution in [-0.2, 0) is 11.0 Å². The number of carbonyl (C=O) groups excluding carboxylic acids is 1. The first-order chi connectivity index (χ1) is 11.3. The summed E-state index contributed by atoms with van der Waals surface area (Å²) in [7, 11) is 0. The lowest BCUT2D eigenvalue weighted by molar-refractivity contribution is -0.136. The van der Waals surface area contributed by atoms with Crippen LogP contribution < -0.4 is 0 Å². The molecule has 2 heterocycles. The summed E-state index contributed by atoms with van der Waals surface area (Å²) >= 11 is 0. The molecule has 1 amide bonds. The Bertz CT molecular complexity index is 772. The Morgan fingerprint density at radius 2 is 2.00 bits per heavy atom. The van der Waals surface area contributed by atoms with Crippen LogP contribution in [0, 0.1) is 5.92 Å². The molecule has 24 heavy (non-hydrogen) atoms. The van der Waals surface area contributed by atoms with Crippen LogP contribution in [0.3, 0.4) is 0 Å². The van der Waals surface area contributed by atoms with E-state index >= 15 is 0 Å². The van der Waals surface area contributed by atoms with Crippen LogP contribution >= 0.6 is 0 Å². The fourth-order valence-corrected chi connectivity index (χ4v) is 3.61. The minimum atomic E-state index is -4.43. The predicted molar refractivity (Wildman–Crippen MR) is 85.5 cm³/mol. The van der Waals surface area contributed by atoms with Gasteiger partial charge >= 0.3 is 6.18 Å². The number of pyridine rings is 1. The van der Waals surface area contributed by atoms with Crippen LogP contribution in [0.5, 0.6) is 0 Å². The van der Waals surface area contributed by atoms with Gasteiger partial charge in [-0.05, 0) is 30.0 Å². The molecule has 1 aromatic carbocycles. The Morgan fingerprint density at radius 1 is 1.25 bits per heavy atom. The number of benzene rings is 1. The molecule has 2 atom stereocenters. The lowest BCUT2D eigenvalue weighted by atomic mass is 9.83. The van der Waals surface area contributed by atoms with E-state index in [1.165, 1.54) is 13.1 Å². The van der Waals surface area contributed by atoms with E-state index < -0.39 is 11.7 Å². The first-order valence-corrected chi connectivity index (χ1v) is 7.97. The maximum atomic E-state index is 13.2. The van der Waals surface area contributed by atoms with E-state index in [2.05, 4.69) is 11.9 Å². The van der Waals surface area contributed by atoms with Crippen LogP contribution in [0.15, 0.2) is 30.5 Å². The highest BCUT2D eigenvalue weighted by atomic mass is 19.4. The van der Waals surface area contributed by atoms with Crippen molar-refractivity contribution in [2.45, 2.75) is 32.4 Å². The monoisotopic (exact) mass is 336 g/mol. The van der Waals surface area contributed by atoms with Crippen LogP contribution in [-0.4, -0.2) is 28.9 Å². The number of aromatic nitrogens is 1. The normalized spacial score (nSPS) is 22.0. The van der Waals surface area contributed by atoms with Crippen molar-refractivity contribution in [3.05, 3.63) is 41.6 Å². The van der Waals surface area contributed by atoms with Crippen LogP contribution in [0.25, 0.3) is 10.9 Å². The van der Waals surface area contributed by atoms with Gasteiger partial charge in [0.1, 0.15) is 0 Å². The van der Waals surface area contributed by atoms with Crippen molar-refractivity contribution in [2.24, 2.45) is 5.92 Å². The predicted octanol–water partition coefficient (Wildman–Crippen LogP) is 4.23. The van der Waals surface area contributed by atoms with E-state index in [1.54, 1.807) is 23.1 Å². The van der Waals surface area contributed by atoms with Crippen molar-refractivity contribution in [3.8, 4) is 0 Å². The summed E-state index contributed by atoms with van der Waals surface area (Å²) in [6.45, 7) is 4.83. The zero-order valence-corrected chi connectivity index (χ0v) is 13.6. The van der Waals surface area contributed by atoms with Gasteiger partial charge in [-0.15, -0.1) is 0 Å². The van der Waals surface area contributed by atoms with Crippen molar-refractivity contribution in [2.75, 3.05) is 13.1 Å². The SMILES string of the molecule is CC(=O)N1C[C@H](C)C[C@@H](c2ccc(C(F)(F)F)c3ncccc23)C1. The number of fused-ring (bicyclic) bond motifs is 1. The molecule has 0 N–H and O–H groups in total. The van der Waals surface area contributed by atoms with Crippen molar-refractivity contribution < 1.29 is 18.0 Å². The van der Waals surface area contributed by atoms with E-state index in [1.807, 2.05) is 0 Å². The number of carbonyl (C=O) groups is 1. The Balaban J connectivity index is 2.09. The lowest BCUT2D eigenvalue weighted by Gasteiger charge is -2.36. The average molecular weight is 336 g/mol. The van der Waals surface area contributed by atoms with Crippen molar-refractivity contribution in [3.63, 3.8) is 0 Å². The quantitative estimate of drug-likeness (QED) is 0.781. The van der Waals surface area contributed by atoms with Gasteiger partial charge in [0.15, 0.2) is 0 Å². The molecule has 0 unspecified atom stereocenters. The second kappa shape index (κ2) is 6.07. The summed E-state index contributed by atoms with van der Waals surface area (Å²) in [5, 5.41) is 0.523. The minimum absolute atomic E-state index is 0.000826. The number of hydrogen-bond acceptors (Lipinski definition) is 2. The third-order valence-electron chi connectivity index (χ3n) is 4.65. The lowest BCUT2D eigenvalue weighted by Crippen LogP contribution is -2.41. The molecule has 0 bridgehead atoms. The van der Waals surface area contributed by atoms with E-state index in [0.717, 1.165) is 18.1 Å². The molecule has 128 valence electrons. The van der Waals surface area contributed by atoms with E-state index in [9.17, 15) is 18.0 Å². The largest absolute Gasteiger partial charge is 0.418 e. The molecule has 1 saturated heterocycles. The molecule has 1 aromatic heterocycles. The zero-order valence-electron chi connectivity index (χ0n) is 13.6. The molecule has 0 spiro atoms. The van der Waals surface area contributed by atoms with Gasteiger partial charge in [-0.2, -0.15) is 13.2 Å². The maximum Gasteiger partial charge on any atom is 0.418 e. The summed E-state index contributed by atoms with van der Waals surface area (Å²) in [4.78, 5) is 17.5. The molecular weight excluding hydrogens is 317 g/mol. The molecule has 3 rings (SSSR count). The minimum Gasteiger partial charge on any atom is -0.342 e. The smallest absolute Gasteiger partial charge is 0.342 e. The molecule has 1 fully saturated rings. The van der Waals surface area contributed by atoms with Gasteiger partial charge in [-0.1, -0.05) is 19.1 Å². The molecule has 0 aliphatic carbocycles. The van der Waals surface area contributed by atoms with Gasteiger partial charge < -0.3 is 4.90 Å². The van der Waals surface area contributed by atoms with Crippen LogP contribution in [0.4, 0.5) is 13.2 Å². The van der Waals surface area contributed by atoms with Gasteiger partial charge in [0.2, 0.25) is 5.91 Å². The average Bonchev–Trinajstić information content (AvgIpc) is 2.52. The number of halogens is 3. The van der Waals surface area contributed by atoms with Gasteiger partial charge in [-0.25, -0.2) is 0 Å². The Hall–Kier alpha value is -2.11. The summed E-state index contributed by atoms with van der Waals surface area (Å²) in [6.07, 6.45) is -2.21. The standard InChI is InChI=1S/C18H19F3N2O/c1-11-8-13(10-23(9-11)12(2)24)14-5-6-16(18(19,20)21)17-15(14)4-3-7-22-17/h3-7,11,13H,8-10H2,1-2H3/t11-,13-/m1/s1. The summed E-state index contributed by atoms with van der Waals surface area (Å²) in [5.74, 6) is 0.328. The molecule has 1 aliphatic rings. The molecule has 3 nitrogen and oxygen atoms in total. The summed E-state index contributed by atoms with van der Waals surface area (Å²) < 4.78 is 39.7. The van der Waals surface area contributed by atoms with Gasteiger partial charge in [-0.3, -0.25) is 9.78 Å². The van der Waals surface area contributed by atoms with Gasteiger partial charge in [0.05, 0.1) is 11.1 Å². The molecule has 2 aromatic rings. The Kier molecular flexibility index (Phi) is 4.24. The number of amides is 1. The third kappa shape index (κ3) is 3.09. The fraction of sp³-hybridized carbons (Fsp3) is 0.444. The van der Waals surface area contributed by atoms with E-state index in [4.69, 9.17) is 0 Å². The van der Waals surface area contributed by atoms with E-state index in [-0.39, 0.29) is 17.3 Å². The number of nitrogens with zero attached hydrogens (tertiary/aromatic N) is 2. The molecule has 0 radical (unpaired) electrons. The van der Waals surface area contributed by atoms with Crippen molar-refractivity contribution in [1.29, 1.82) is 0 Å². The number of likely N-dealkylation sites (tertiary alicyclic amines) is 1. The number of rotatable bonds is 1. The van der Waals surface area contributed by atoms with Crippen molar-refractivity contribution in [1.82, 2.24) is 9.88 Å². The molecular formula is C18H19F3N2O. The van der Waals surface area contributed by atoms with Crippen molar-refractivity contribution >= 4 is 16.8 Å². The summed E-state index contributed by atoms with van der Waals surface area (Å²) in [6, 6.07) is 6.00. The topological polar surface area (TPSA) is 33.2 Å².